The predicted molar refractivity (Wildman–Crippen MR) is 79.8 cm³/mol. The molecule has 0 saturated carbocycles. The number of thioether (sulfide) groups is 1. The van der Waals surface area contributed by atoms with Gasteiger partial charge >= 0.3 is 0 Å². The van der Waals surface area contributed by atoms with Gasteiger partial charge in [-0.3, -0.25) is 0 Å². The van der Waals surface area contributed by atoms with Crippen LogP contribution in [0.2, 0.25) is 0 Å². The molecule has 0 amide bonds. The summed E-state index contributed by atoms with van der Waals surface area (Å²) in [7, 11) is 1.75. The summed E-state index contributed by atoms with van der Waals surface area (Å²) in [4.78, 5) is 6.35. The number of hydrogen-bond acceptors (Lipinski definition) is 5. The van der Waals surface area contributed by atoms with E-state index in [-0.39, 0.29) is 0 Å². The second-order valence-electron chi connectivity index (χ2n) is 4.56. The Morgan fingerprint density at radius 1 is 1.50 bits per heavy atom. The Morgan fingerprint density at radius 2 is 2.39 bits per heavy atom. The van der Waals surface area contributed by atoms with Crippen molar-refractivity contribution in [1.29, 1.82) is 0 Å². The highest BCUT2D eigenvalue weighted by Crippen LogP contribution is 2.32. The smallest absolute Gasteiger partial charge is 0.110 e. The van der Waals surface area contributed by atoms with Gasteiger partial charge in [-0.2, -0.15) is 11.8 Å². The Labute approximate surface area is 118 Å². The summed E-state index contributed by atoms with van der Waals surface area (Å²) >= 11 is 3.82. The minimum absolute atomic E-state index is 0.406. The highest BCUT2D eigenvalue weighted by molar-refractivity contribution is 7.98. The molecule has 2 rings (SSSR count). The Morgan fingerprint density at radius 3 is 3.11 bits per heavy atom. The Bertz CT molecular complexity index is 346. The Hall–Kier alpha value is -0.100. The van der Waals surface area contributed by atoms with E-state index in [2.05, 4.69) is 11.6 Å². The van der Waals surface area contributed by atoms with E-state index in [1.54, 1.807) is 7.11 Å². The topological polar surface area (TPSA) is 34.1 Å². The van der Waals surface area contributed by atoms with Crippen LogP contribution in [0.3, 0.4) is 0 Å². The predicted octanol–water partition coefficient (Wildman–Crippen LogP) is 2.66. The first-order valence-corrected chi connectivity index (χ1v) is 8.76. The molecule has 1 unspecified atom stereocenters. The van der Waals surface area contributed by atoms with Gasteiger partial charge in [0.2, 0.25) is 0 Å². The SMILES string of the molecule is COCCNC(CCSC)c1nc2c(s1)CCC2. The first-order valence-electron chi connectivity index (χ1n) is 6.55. The number of nitrogens with one attached hydrogen (secondary N) is 1. The fraction of sp³-hybridized carbons (Fsp3) is 0.769. The lowest BCUT2D eigenvalue weighted by atomic mass is 10.2. The lowest BCUT2D eigenvalue weighted by molar-refractivity contribution is 0.195. The lowest BCUT2D eigenvalue weighted by Gasteiger charge is -2.15. The number of methoxy groups -OCH3 is 1. The van der Waals surface area contributed by atoms with Gasteiger partial charge in [0, 0.05) is 18.5 Å². The third-order valence-corrected chi connectivity index (χ3v) is 5.13. The van der Waals surface area contributed by atoms with Crippen molar-refractivity contribution >= 4 is 23.1 Å². The van der Waals surface area contributed by atoms with Crippen molar-refractivity contribution in [2.24, 2.45) is 0 Å². The molecule has 0 radical (unpaired) electrons. The molecule has 0 aliphatic heterocycles. The highest BCUT2D eigenvalue weighted by Gasteiger charge is 2.21. The number of thiazole rings is 1. The molecule has 102 valence electrons. The van der Waals surface area contributed by atoms with E-state index in [0.717, 1.165) is 19.6 Å². The van der Waals surface area contributed by atoms with Crippen LogP contribution in [-0.2, 0) is 17.6 Å². The van der Waals surface area contributed by atoms with Crippen molar-refractivity contribution < 1.29 is 4.74 Å². The molecule has 0 aromatic carbocycles. The largest absolute Gasteiger partial charge is 0.383 e. The van der Waals surface area contributed by atoms with Crippen LogP contribution < -0.4 is 5.32 Å². The summed E-state index contributed by atoms with van der Waals surface area (Å²) in [5.41, 5.74) is 1.36. The Kier molecular flexibility index (Phi) is 5.95. The number of nitrogens with zero attached hydrogens (tertiary/aromatic N) is 1. The minimum atomic E-state index is 0.406. The molecule has 0 saturated heterocycles. The molecule has 18 heavy (non-hydrogen) atoms. The molecule has 3 nitrogen and oxygen atoms in total. The zero-order valence-corrected chi connectivity index (χ0v) is 12.8. The standard InChI is InChI=1S/C13H22N2OS2/c1-16-8-7-14-11(6-9-17-2)13-15-10-4-3-5-12(10)18-13/h11,14H,3-9H2,1-2H3. The van der Waals surface area contributed by atoms with Gasteiger partial charge in [-0.25, -0.2) is 4.98 Å². The number of rotatable bonds is 8. The summed E-state index contributed by atoms with van der Waals surface area (Å²) in [6.07, 6.45) is 7.02. The molecule has 1 N–H and O–H groups in total. The van der Waals surface area contributed by atoms with Crippen molar-refractivity contribution in [2.45, 2.75) is 31.7 Å². The van der Waals surface area contributed by atoms with Crippen molar-refractivity contribution in [3.05, 3.63) is 15.6 Å². The van der Waals surface area contributed by atoms with Gasteiger partial charge < -0.3 is 10.1 Å². The maximum atomic E-state index is 5.11. The number of ether oxygens (including phenoxy) is 1. The van der Waals surface area contributed by atoms with Crippen LogP contribution >= 0.6 is 23.1 Å². The molecule has 0 fully saturated rings. The van der Waals surface area contributed by atoms with Crippen molar-refractivity contribution in [3.63, 3.8) is 0 Å². The molecular formula is C13H22N2OS2. The Balaban J connectivity index is 1.97. The summed E-state index contributed by atoms with van der Waals surface area (Å²) in [6, 6.07) is 0.406. The first kappa shape index (κ1) is 14.3. The van der Waals surface area contributed by atoms with Gasteiger partial charge in [0.25, 0.3) is 0 Å². The average Bonchev–Trinajstić information content (AvgIpc) is 2.94. The molecule has 0 bridgehead atoms. The number of hydrogen-bond donors (Lipinski definition) is 1. The fourth-order valence-electron chi connectivity index (χ4n) is 2.24. The summed E-state index contributed by atoms with van der Waals surface area (Å²) in [5, 5.41) is 4.85. The van der Waals surface area contributed by atoms with Gasteiger partial charge in [0.1, 0.15) is 5.01 Å². The van der Waals surface area contributed by atoms with Crippen molar-refractivity contribution in [2.75, 3.05) is 32.3 Å². The van der Waals surface area contributed by atoms with E-state index in [0.29, 0.717) is 6.04 Å². The van der Waals surface area contributed by atoms with Crippen LogP contribution in [0.4, 0.5) is 0 Å². The zero-order valence-electron chi connectivity index (χ0n) is 11.2. The molecule has 1 aromatic rings. The molecule has 1 aliphatic rings. The van der Waals surface area contributed by atoms with Gasteiger partial charge in [-0.15, -0.1) is 11.3 Å². The van der Waals surface area contributed by atoms with Gasteiger partial charge in [-0.1, -0.05) is 0 Å². The van der Waals surface area contributed by atoms with Crippen molar-refractivity contribution in [1.82, 2.24) is 10.3 Å². The van der Waals surface area contributed by atoms with Crippen LogP contribution in [0.25, 0.3) is 0 Å². The van der Waals surface area contributed by atoms with Crippen LogP contribution in [0.1, 0.15) is 34.5 Å². The van der Waals surface area contributed by atoms with E-state index in [4.69, 9.17) is 9.72 Å². The summed E-state index contributed by atoms with van der Waals surface area (Å²) in [6.45, 7) is 1.67. The quantitative estimate of drug-likeness (QED) is 0.745. The maximum Gasteiger partial charge on any atom is 0.110 e. The minimum Gasteiger partial charge on any atom is -0.383 e. The van der Waals surface area contributed by atoms with E-state index in [1.807, 2.05) is 23.1 Å². The van der Waals surface area contributed by atoms with Gasteiger partial charge in [0.15, 0.2) is 0 Å². The molecule has 1 heterocycles. The lowest BCUT2D eigenvalue weighted by Crippen LogP contribution is -2.25. The molecule has 5 heteroatoms. The normalized spacial score (nSPS) is 15.9. The second-order valence-corrected chi connectivity index (χ2v) is 6.66. The third-order valence-electron chi connectivity index (χ3n) is 3.22. The van der Waals surface area contributed by atoms with E-state index < -0.39 is 0 Å². The fourth-order valence-corrected chi connectivity index (χ4v) is 3.98. The number of aromatic nitrogens is 1. The highest BCUT2D eigenvalue weighted by atomic mass is 32.2. The monoisotopic (exact) mass is 286 g/mol. The van der Waals surface area contributed by atoms with Gasteiger partial charge in [-0.05, 0) is 37.7 Å². The van der Waals surface area contributed by atoms with E-state index >= 15 is 0 Å². The van der Waals surface area contributed by atoms with Crippen LogP contribution in [0.5, 0.6) is 0 Å². The van der Waals surface area contributed by atoms with Crippen LogP contribution in [0.15, 0.2) is 0 Å². The third kappa shape index (κ3) is 3.70. The number of fused-ring (bicyclic) bond motifs is 1. The summed E-state index contributed by atoms with van der Waals surface area (Å²) in [5.74, 6) is 1.18. The van der Waals surface area contributed by atoms with Crippen molar-refractivity contribution in [3.8, 4) is 0 Å². The summed E-state index contributed by atoms with van der Waals surface area (Å²) < 4.78 is 5.11. The van der Waals surface area contributed by atoms with Crippen LogP contribution in [0, 0.1) is 0 Å². The average molecular weight is 286 g/mol. The van der Waals surface area contributed by atoms with Crippen LogP contribution in [-0.4, -0.2) is 37.3 Å². The molecule has 0 spiro atoms. The second kappa shape index (κ2) is 7.48. The maximum absolute atomic E-state index is 5.11. The molecule has 1 atom stereocenters. The van der Waals surface area contributed by atoms with E-state index in [9.17, 15) is 0 Å². The molecule has 1 aliphatic carbocycles. The number of aryl methyl sites for hydroxylation is 2. The van der Waals surface area contributed by atoms with Gasteiger partial charge in [0.05, 0.1) is 18.3 Å². The van der Waals surface area contributed by atoms with E-state index in [1.165, 1.54) is 40.6 Å². The zero-order chi connectivity index (χ0) is 12.8. The first-order chi connectivity index (χ1) is 8.85. The molecule has 1 aromatic heterocycles. The molecular weight excluding hydrogens is 264 g/mol.